The molecule has 0 spiro atoms. The number of aryl methyl sites for hydroxylation is 1. The molecule has 108 valence electrons. The summed E-state index contributed by atoms with van der Waals surface area (Å²) in [6.07, 6.45) is 2.06. The Morgan fingerprint density at radius 3 is 2.40 bits per heavy atom. The smallest absolute Gasteiger partial charge is 0.225 e. The molecule has 20 heavy (non-hydrogen) atoms. The maximum atomic E-state index is 13.2. The summed E-state index contributed by atoms with van der Waals surface area (Å²) in [5.41, 5.74) is 1.55. The molecule has 0 fully saturated rings. The lowest BCUT2D eigenvalue weighted by Crippen LogP contribution is -1.99. The summed E-state index contributed by atoms with van der Waals surface area (Å²) in [4.78, 5) is 18.1. The van der Waals surface area contributed by atoms with Crippen molar-refractivity contribution in [2.75, 3.05) is 5.32 Å². The van der Waals surface area contributed by atoms with Crippen LogP contribution in [-0.2, 0) is 0 Å². The second-order valence-electron chi connectivity index (χ2n) is 3.51. The van der Waals surface area contributed by atoms with E-state index in [1.165, 1.54) is 12.1 Å². The first-order valence-corrected chi connectivity index (χ1v) is 6.00. The third-order valence-corrected chi connectivity index (χ3v) is 2.19. The van der Waals surface area contributed by atoms with Crippen LogP contribution in [-0.4, -0.2) is 16.3 Å². The number of hydrogen-bond donors (Lipinski definition) is 1. The third kappa shape index (κ3) is 4.76. The van der Waals surface area contributed by atoms with Crippen molar-refractivity contribution in [2.45, 2.75) is 28.2 Å². The molecule has 4 nitrogen and oxygen atoms in total. The second kappa shape index (κ2) is 8.74. The highest BCUT2D eigenvalue weighted by atomic mass is 19.1. The molecule has 0 saturated heterocycles. The minimum atomic E-state index is -0.787. The molecular weight excluding hydrogens is 257 g/mol. The summed E-state index contributed by atoms with van der Waals surface area (Å²) in [5.74, 6) is -0.455. The predicted octanol–water partition coefficient (Wildman–Crippen LogP) is 4.14. The first-order chi connectivity index (χ1) is 9.19. The van der Waals surface area contributed by atoms with Gasteiger partial charge in [-0.1, -0.05) is 21.3 Å². The summed E-state index contributed by atoms with van der Waals surface area (Å²) in [6, 6.07) is 6.56. The van der Waals surface area contributed by atoms with Crippen LogP contribution in [0.15, 0.2) is 30.5 Å². The van der Waals surface area contributed by atoms with Crippen molar-refractivity contribution in [1.29, 1.82) is 0 Å². The Bertz CT molecular complexity index is 541. The highest BCUT2D eigenvalue weighted by Gasteiger charge is 2.04. The normalized spacial score (nSPS) is 8.80. The van der Waals surface area contributed by atoms with E-state index in [1.54, 1.807) is 6.20 Å². The van der Waals surface area contributed by atoms with Crippen LogP contribution in [0.25, 0.3) is 0 Å². The number of carbonyl (C=O) groups is 1. The SMILES string of the molecule is C.CC.Cc1ccc(Nc2ccc(C=O)c(F)n2)cn1. The Kier molecular flexibility index (Phi) is 7.74. The van der Waals surface area contributed by atoms with Gasteiger partial charge in [-0.05, 0) is 31.2 Å². The summed E-state index contributed by atoms with van der Waals surface area (Å²) in [7, 11) is 0. The fraction of sp³-hybridized carbons (Fsp3) is 0.267. The fourth-order valence-electron chi connectivity index (χ4n) is 1.29. The van der Waals surface area contributed by atoms with E-state index in [9.17, 15) is 9.18 Å². The lowest BCUT2D eigenvalue weighted by atomic mass is 10.3. The van der Waals surface area contributed by atoms with E-state index in [2.05, 4.69) is 15.3 Å². The van der Waals surface area contributed by atoms with Crippen molar-refractivity contribution in [3.8, 4) is 0 Å². The molecule has 0 aliphatic rings. The van der Waals surface area contributed by atoms with E-state index < -0.39 is 5.95 Å². The zero-order chi connectivity index (χ0) is 14.3. The largest absolute Gasteiger partial charge is 0.339 e. The van der Waals surface area contributed by atoms with Crippen molar-refractivity contribution in [2.24, 2.45) is 0 Å². The van der Waals surface area contributed by atoms with Gasteiger partial charge in [0, 0.05) is 5.69 Å². The van der Waals surface area contributed by atoms with Gasteiger partial charge in [0.25, 0.3) is 0 Å². The average molecular weight is 277 g/mol. The molecule has 0 amide bonds. The van der Waals surface area contributed by atoms with Crippen molar-refractivity contribution in [3.05, 3.63) is 47.7 Å². The van der Waals surface area contributed by atoms with Crippen LogP contribution in [0.2, 0.25) is 0 Å². The predicted molar refractivity (Wildman–Crippen MR) is 79.9 cm³/mol. The third-order valence-electron chi connectivity index (χ3n) is 2.19. The van der Waals surface area contributed by atoms with Crippen LogP contribution < -0.4 is 5.32 Å². The maximum absolute atomic E-state index is 13.2. The molecule has 0 atom stereocenters. The number of anilines is 2. The number of hydrogen-bond acceptors (Lipinski definition) is 4. The van der Waals surface area contributed by atoms with Crippen molar-refractivity contribution in [3.63, 3.8) is 0 Å². The Morgan fingerprint density at radius 1 is 1.20 bits per heavy atom. The molecule has 0 unspecified atom stereocenters. The monoisotopic (exact) mass is 277 g/mol. The highest BCUT2D eigenvalue weighted by molar-refractivity contribution is 5.75. The second-order valence-corrected chi connectivity index (χ2v) is 3.51. The van der Waals surface area contributed by atoms with Gasteiger partial charge >= 0.3 is 0 Å². The van der Waals surface area contributed by atoms with Gasteiger partial charge in [0.05, 0.1) is 17.4 Å². The molecule has 1 N–H and O–H groups in total. The Hall–Kier alpha value is -2.30. The number of carbonyl (C=O) groups excluding carboxylic acids is 1. The van der Waals surface area contributed by atoms with E-state index in [-0.39, 0.29) is 13.0 Å². The van der Waals surface area contributed by atoms with Crippen molar-refractivity contribution >= 4 is 17.8 Å². The minimum absolute atomic E-state index is 0. The first-order valence-electron chi connectivity index (χ1n) is 6.00. The number of rotatable bonds is 3. The Morgan fingerprint density at radius 2 is 1.90 bits per heavy atom. The van der Waals surface area contributed by atoms with Gasteiger partial charge in [-0.15, -0.1) is 0 Å². The van der Waals surface area contributed by atoms with Crippen LogP contribution >= 0.6 is 0 Å². The van der Waals surface area contributed by atoms with Crippen LogP contribution in [0.5, 0.6) is 0 Å². The van der Waals surface area contributed by atoms with Gasteiger partial charge in [-0.25, -0.2) is 4.98 Å². The molecule has 0 saturated carbocycles. The molecule has 0 aliphatic carbocycles. The molecular formula is C15H20FN3O. The standard InChI is InChI=1S/C12H10FN3O.C2H6.CH4/c1-8-2-4-10(6-14-8)15-11-5-3-9(7-17)12(13)16-11;1-2;/h2-7H,1H3,(H,15,16);1-2H3;1H4. The molecule has 2 aromatic rings. The molecule has 2 rings (SSSR count). The van der Waals surface area contributed by atoms with E-state index >= 15 is 0 Å². The number of aldehydes is 1. The maximum Gasteiger partial charge on any atom is 0.225 e. The van der Waals surface area contributed by atoms with Gasteiger partial charge in [-0.2, -0.15) is 4.39 Å². The summed E-state index contributed by atoms with van der Waals surface area (Å²) < 4.78 is 13.2. The molecule has 0 aliphatic heterocycles. The molecule has 0 aromatic carbocycles. The summed E-state index contributed by atoms with van der Waals surface area (Å²) in [5, 5.41) is 2.89. The Labute approximate surface area is 119 Å². The van der Waals surface area contributed by atoms with E-state index in [4.69, 9.17) is 0 Å². The van der Waals surface area contributed by atoms with Gasteiger partial charge in [0.1, 0.15) is 5.82 Å². The molecule has 5 heteroatoms. The van der Waals surface area contributed by atoms with Gasteiger partial charge in [-0.3, -0.25) is 9.78 Å². The van der Waals surface area contributed by atoms with Gasteiger partial charge < -0.3 is 5.32 Å². The topological polar surface area (TPSA) is 54.9 Å². The van der Waals surface area contributed by atoms with Gasteiger partial charge in [0.2, 0.25) is 5.95 Å². The molecule has 2 heterocycles. The Balaban J connectivity index is 0.00000115. The molecule has 0 radical (unpaired) electrons. The van der Waals surface area contributed by atoms with Crippen LogP contribution in [0.4, 0.5) is 15.9 Å². The average Bonchev–Trinajstić information content (AvgIpc) is 2.44. The van der Waals surface area contributed by atoms with E-state index in [0.717, 1.165) is 5.69 Å². The number of pyridine rings is 2. The zero-order valence-electron chi connectivity index (χ0n) is 11.1. The van der Waals surface area contributed by atoms with E-state index in [1.807, 2.05) is 32.9 Å². The van der Waals surface area contributed by atoms with Crippen molar-refractivity contribution < 1.29 is 9.18 Å². The number of aromatic nitrogens is 2. The van der Waals surface area contributed by atoms with Crippen LogP contribution in [0, 0.1) is 12.9 Å². The first kappa shape index (κ1) is 17.7. The number of nitrogens with zero attached hydrogens (tertiary/aromatic N) is 2. The molecule has 2 aromatic heterocycles. The van der Waals surface area contributed by atoms with E-state index in [0.29, 0.717) is 17.8 Å². The van der Waals surface area contributed by atoms with Crippen LogP contribution in [0.1, 0.15) is 37.3 Å². The summed E-state index contributed by atoms with van der Waals surface area (Å²) >= 11 is 0. The highest BCUT2D eigenvalue weighted by Crippen LogP contribution is 2.14. The van der Waals surface area contributed by atoms with Crippen LogP contribution in [0.3, 0.4) is 0 Å². The minimum Gasteiger partial charge on any atom is -0.339 e. The number of halogens is 1. The summed E-state index contributed by atoms with van der Waals surface area (Å²) in [6.45, 7) is 5.88. The number of nitrogens with one attached hydrogen (secondary N) is 1. The van der Waals surface area contributed by atoms with Crippen molar-refractivity contribution in [1.82, 2.24) is 9.97 Å². The van der Waals surface area contributed by atoms with Gasteiger partial charge in [0.15, 0.2) is 6.29 Å². The lowest BCUT2D eigenvalue weighted by molar-refractivity contribution is 0.111. The quantitative estimate of drug-likeness (QED) is 0.676. The lowest BCUT2D eigenvalue weighted by Gasteiger charge is -2.05. The molecule has 0 bridgehead atoms. The fourth-order valence-corrected chi connectivity index (χ4v) is 1.29. The zero-order valence-corrected chi connectivity index (χ0v) is 11.1.